The number of carbonyl (C=O) groups excluding carboxylic acids is 1. The van der Waals surface area contributed by atoms with Gasteiger partial charge in [0.1, 0.15) is 5.75 Å². The van der Waals surface area contributed by atoms with Crippen LogP contribution in [0, 0.1) is 11.8 Å². The number of likely N-dealkylation sites (tertiary alicyclic amines) is 1. The van der Waals surface area contributed by atoms with E-state index in [0.29, 0.717) is 16.0 Å². The number of nitrogens with zero attached hydrogens (tertiary/aromatic N) is 1. The van der Waals surface area contributed by atoms with Crippen molar-refractivity contribution in [1.82, 2.24) is 10.2 Å². The first-order valence-electron chi connectivity index (χ1n) is 13.0. The van der Waals surface area contributed by atoms with Gasteiger partial charge in [-0.2, -0.15) is 0 Å². The summed E-state index contributed by atoms with van der Waals surface area (Å²) in [7, 11) is 3.54. The maximum atomic E-state index is 13.1. The van der Waals surface area contributed by atoms with Gasteiger partial charge in [-0.15, -0.1) is 0 Å². The molecule has 1 saturated heterocycles. The van der Waals surface area contributed by atoms with Crippen LogP contribution in [0.15, 0.2) is 42.5 Å². The number of carbonyl (C=O) groups is 1. The lowest BCUT2D eigenvalue weighted by atomic mass is 9.57. The average molecular weight is 532 g/mol. The van der Waals surface area contributed by atoms with Gasteiger partial charge >= 0.3 is 0 Å². The second kappa shape index (κ2) is 10.9. The number of methoxy groups -OCH3 is 2. The molecule has 0 bridgehead atoms. The van der Waals surface area contributed by atoms with E-state index in [9.17, 15) is 4.79 Å². The Bertz CT molecular complexity index is 1090. The molecule has 2 aliphatic carbocycles. The molecule has 1 aliphatic heterocycles. The van der Waals surface area contributed by atoms with Gasteiger partial charge in [0.25, 0.3) is 0 Å². The van der Waals surface area contributed by atoms with Crippen molar-refractivity contribution >= 4 is 29.1 Å². The quantitative estimate of drug-likeness (QED) is 0.488. The van der Waals surface area contributed by atoms with Crippen LogP contribution < -0.4 is 10.1 Å². The van der Waals surface area contributed by atoms with Gasteiger partial charge in [-0.25, -0.2) is 0 Å². The summed E-state index contributed by atoms with van der Waals surface area (Å²) in [6.07, 6.45) is 5.84. The Kier molecular flexibility index (Phi) is 7.83. The van der Waals surface area contributed by atoms with E-state index >= 15 is 0 Å². The summed E-state index contributed by atoms with van der Waals surface area (Å²) in [5, 5.41) is 4.30. The minimum absolute atomic E-state index is 0.00125. The number of rotatable bonds is 8. The van der Waals surface area contributed by atoms with E-state index in [1.807, 2.05) is 19.2 Å². The van der Waals surface area contributed by atoms with Crippen molar-refractivity contribution in [2.75, 3.05) is 33.9 Å². The Morgan fingerprint density at radius 3 is 2.69 bits per heavy atom. The van der Waals surface area contributed by atoms with E-state index in [1.165, 1.54) is 24.9 Å². The molecule has 2 aromatic carbocycles. The molecule has 2 aromatic rings. The lowest BCUT2D eigenvalue weighted by molar-refractivity contribution is -0.123. The predicted octanol–water partition coefficient (Wildman–Crippen LogP) is 5.51. The summed E-state index contributed by atoms with van der Waals surface area (Å²) in [6, 6.07) is 13.9. The zero-order valence-corrected chi connectivity index (χ0v) is 22.7. The SMILES string of the molecule is COc1cccc([C@@]23CCN(CC4CC4)C[C@H]2C(OC)C[C@H](NC(=O)Cc2ccc(Cl)c(Cl)c2)C3)c1. The smallest absolute Gasteiger partial charge is 0.224 e. The fraction of sp³-hybridized carbons (Fsp3) is 0.552. The first-order chi connectivity index (χ1) is 17.4. The largest absolute Gasteiger partial charge is 0.497 e. The summed E-state index contributed by atoms with van der Waals surface area (Å²) in [4.78, 5) is 15.7. The molecule has 5 rings (SSSR count). The molecule has 1 unspecified atom stereocenters. The molecule has 0 radical (unpaired) electrons. The number of hydrogen-bond acceptors (Lipinski definition) is 4. The molecule has 3 fully saturated rings. The highest BCUT2D eigenvalue weighted by molar-refractivity contribution is 6.42. The third-order valence-electron chi connectivity index (χ3n) is 8.49. The van der Waals surface area contributed by atoms with E-state index in [0.717, 1.165) is 49.6 Å². The maximum Gasteiger partial charge on any atom is 0.224 e. The van der Waals surface area contributed by atoms with Crippen molar-refractivity contribution in [3.8, 4) is 5.75 Å². The summed E-state index contributed by atoms with van der Waals surface area (Å²) in [6.45, 7) is 3.31. The third-order valence-corrected chi connectivity index (χ3v) is 9.23. The van der Waals surface area contributed by atoms with Crippen LogP contribution in [0.4, 0.5) is 0 Å². The van der Waals surface area contributed by atoms with Crippen LogP contribution in [-0.2, 0) is 21.4 Å². The highest BCUT2D eigenvalue weighted by Gasteiger charge is 2.53. The van der Waals surface area contributed by atoms with Gasteiger partial charge in [0.2, 0.25) is 5.91 Å². The minimum Gasteiger partial charge on any atom is -0.497 e. The molecule has 5 nitrogen and oxygen atoms in total. The number of piperidine rings is 1. The lowest BCUT2D eigenvalue weighted by Gasteiger charge is -2.55. The van der Waals surface area contributed by atoms with Crippen molar-refractivity contribution in [1.29, 1.82) is 0 Å². The Morgan fingerprint density at radius 1 is 1.14 bits per heavy atom. The Balaban J connectivity index is 1.38. The van der Waals surface area contributed by atoms with Crippen LogP contribution in [0.3, 0.4) is 0 Å². The van der Waals surface area contributed by atoms with Gasteiger partial charge in [-0.1, -0.05) is 41.4 Å². The highest BCUT2D eigenvalue weighted by Crippen LogP contribution is 2.51. The number of fused-ring (bicyclic) bond motifs is 1. The lowest BCUT2D eigenvalue weighted by Crippen LogP contribution is -2.61. The van der Waals surface area contributed by atoms with Crippen LogP contribution in [-0.4, -0.2) is 56.8 Å². The molecule has 36 heavy (non-hydrogen) atoms. The average Bonchev–Trinajstić information content (AvgIpc) is 3.70. The van der Waals surface area contributed by atoms with Crippen molar-refractivity contribution in [3.05, 3.63) is 63.6 Å². The second-order valence-corrected chi connectivity index (χ2v) is 11.7. The molecule has 0 spiro atoms. The first-order valence-corrected chi connectivity index (χ1v) is 13.8. The normalized spacial score (nSPS) is 28.4. The van der Waals surface area contributed by atoms with Crippen LogP contribution in [0.2, 0.25) is 10.0 Å². The van der Waals surface area contributed by atoms with E-state index in [4.69, 9.17) is 32.7 Å². The fourth-order valence-electron chi connectivity index (χ4n) is 6.51. The van der Waals surface area contributed by atoms with Crippen molar-refractivity contribution in [2.45, 2.75) is 56.1 Å². The minimum atomic E-state index is -0.0744. The molecule has 0 aromatic heterocycles. The molecule has 1 amide bonds. The van der Waals surface area contributed by atoms with Crippen molar-refractivity contribution < 1.29 is 14.3 Å². The Morgan fingerprint density at radius 2 is 1.97 bits per heavy atom. The number of amides is 1. The van der Waals surface area contributed by atoms with Gasteiger partial charge in [0, 0.05) is 37.6 Å². The topological polar surface area (TPSA) is 50.8 Å². The Labute approximate surface area is 224 Å². The molecule has 2 saturated carbocycles. The highest BCUT2D eigenvalue weighted by atomic mass is 35.5. The molecular formula is C29H36Cl2N2O3. The number of ether oxygens (including phenoxy) is 2. The van der Waals surface area contributed by atoms with E-state index in [2.05, 4.69) is 28.4 Å². The fourth-order valence-corrected chi connectivity index (χ4v) is 6.83. The summed E-state index contributed by atoms with van der Waals surface area (Å²) < 4.78 is 11.8. The number of halogens is 2. The Hall–Kier alpha value is -1.79. The van der Waals surface area contributed by atoms with Crippen LogP contribution >= 0.6 is 23.2 Å². The van der Waals surface area contributed by atoms with E-state index in [-0.39, 0.29) is 29.9 Å². The van der Waals surface area contributed by atoms with Crippen molar-refractivity contribution in [3.63, 3.8) is 0 Å². The van der Waals surface area contributed by atoms with Gasteiger partial charge < -0.3 is 19.7 Å². The summed E-state index contributed by atoms with van der Waals surface area (Å²) in [5.41, 5.74) is 2.08. The number of nitrogens with one attached hydrogen (secondary N) is 1. The molecule has 1 N–H and O–H groups in total. The monoisotopic (exact) mass is 530 g/mol. The third kappa shape index (κ3) is 5.55. The van der Waals surface area contributed by atoms with E-state index in [1.54, 1.807) is 19.2 Å². The first kappa shape index (κ1) is 25.8. The second-order valence-electron chi connectivity index (χ2n) is 10.9. The molecule has 1 heterocycles. The molecule has 3 aliphatic rings. The van der Waals surface area contributed by atoms with Crippen LogP contribution in [0.25, 0.3) is 0 Å². The predicted molar refractivity (Wildman–Crippen MR) is 144 cm³/mol. The van der Waals surface area contributed by atoms with Crippen LogP contribution in [0.5, 0.6) is 5.75 Å². The van der Waals surface area contributed by atoms with Gasteiger partial charge in [0.05, 0.1) is 29.7 Å². The van der Waals surface area contributed by atoms with Gasteiger partial charge in [-0.05, 0) is 80.0 Å². The zero-order valence-electron chi connectivity index (χ0n) is 21.1. The summed E-state index contributed by atoms with van der Waals surface area (Å²) >= 11 is 12.2. The number of benzene rings is 2. The number of hydrogen-bond donors (Lipinski definition) is 1. The molecule has 4 atom stereocenters. The van der Waals surface area contributed by atoms with E-state index < -0.39 is 0 Å². The zero-order chi connectivity index (χ0) is 25.3. The van der Waals surface area contributed by atoms with Gasteiger partial charge in [-0.3, -0.25) is 4.79 Å². The summed E-state index contributed by atoms with van der Waals surface area (Å²) in [5.74, 6) is 2.11. The van der Waals surface area contributed by atoms with Crippen molar-refractivity contribution in [2.24, 2.45) is 11.8 Å². The molecule has 194 valence electrons. The standard InChI is InChI=1S/C29H36Cl2N2O3/c1-35-23-5-3-4-21(14-23)29-10-11-33(17-19-6-7-19)18-24(29)27(36-2)15-22(16-29)32-28(34)13-20-8-9-25(30)26(31)12-20/h3-5,8-9,12,14,19,22,24,27H,6-7,10-11,13,15-18H2,1-2H3,(H,32,34)/t22-,24-,27?,29-/m0/s1. The molecular weight excluding hydrogens is 495 g/mol. The van der Waals surface area contributed by atoms with Gasteiger partial charge in [0.15, 0.2) is 0 Å². The maximum absolute atomic E-state index is 13.1. The molecule has 7 heteroatoms. The van der Waals surface area contributed by atoms with Crippen LogP contribution in [0.1, 0.15) is 43.2 Å².